The predicted molar refractivity (Wildman–Crippen MR) is 96.4 cm³/mol. The summed E-state index contributed by atoms with van der Waals surface area (Å²) in [6.07, 6.45) is 1.14. The Labute approximate surface area is 143 Å². The maximum absolute atomic E-state index is 10.9. The second kappa shape index (κ2) is 7.82. The van der Waals surface area contributed by atoms with Gasteiger partial charge in [-0.3, -0.25) is 0 Å². The van der Waals surface area contributed by atoms with Crippen LogP contribution < -0.4 is 4.74 Å². The molecule has 2 aromatic rings. The lowest BCUT2D eigenvalue weighted by Crippen LogP contribution is -2.18. The highest BCUT2D eigenvalue weighted by Gasteiger charge is 2.22. The zero-order chi connectivity index (χ0) is 17.6. The summed E-state index contributed by atoms with van der Waals surface area (Å²) in [5.41, 5.74) is 3.68. The van der Waals surface area contributed by atoms with Crippen LogP contribution in [-0.2, 0) is 14.9 Å². The molecule has 0 saturated heterocycles. The number of carbonyl (C=O) groups excluding carboxylic acids is 1. The van der Waals surface area contributed by atoms with Gasteiger partial charge in [0.2, 0.25) is 0 Å². The molecule has 24 heavy (non-hydrogen) atoms. The van der Waals surface area contributed by atoms with Crippen LogP contribution >= 0.6 is 0 Å². The minimum atomic E-state index is -0.436. The molecular weight excluding hydrogens is 300 g/mol. The van der Waals surface area contributed by atoms with Crippen LogP contribution in [0.4, 0.5) is 0 Å². The Morgan fingerprint density at radius 2 is 1.54 bits per heavy atom. The number of esters is 1. The Kier molecular flexibility index (Phi) is 5.80. The average Bonchev–Trinajstić information content (AvgIpc) is 2.59. The van der Waals surface area contributed by atoms with E-state index >= 15 is 0 Å². The maximum Gasteiger partial charge on any atom is 0.330 e. The predicted octanol–water partition coefficient (Wildman–Crippen LogP) is 4.43. The molecule has 0 aliphatic rings. The van der Waals surface area contributed by atoms with Crippen molar-refractivity contribution in [3.05, 3.63) is 77.9 Å². The molecule has 3 heteroatoms. The molecule has 0 bridgehead atoms. The highest BCUT2D eigenvalue weighted by atomic mass is 16.6. The van der Waals surface area contributed by atoms with Crippen molar-refractivity contribution in [1.29, 1.82) is 0 Å². The second-order valence-electron chi connectivity index (χ2n) is 6.24. The first-order valence-corrected chi connectivity index (χ1v) is 8.03. The molecule has 3 nitrogen and oxygen atoms in total. The van der Waals surface area contributed by atoms with Crippen molar-refractivity contribution in [2.24, 2.45) is 0 Å². The van der Waals surface area contributed by atoms with Crippen LogP contribution in [0.3, 0.4) is 0 Å². The van der Waals surface area contributed by atoms with Crippen LogP contribution in [0.15, 0.2) is 61.2 Å². The van der Waals surface area contributed by atoms with Crippen LogP contribution in [0, 0.1) is 6.92 Å². The van der Waals surface area contributed by atoms with Gasteiger partial charge in [0, 0.05) is 11.5 Å². The molecule has 0 heterocycles. The van der Waals surface area contributed by atoms with Crippen LogP contribution in [0.1, 0.15) is 30.5 Å². The lowest BCUT2D eigenvalue weighted by molar-refractivity contribution is -0.138. The van der Waals surface area contributed by atoms with E-state index in [4.69, 9.17) is 9.47 Å². The molecular formula is C21H24O3. The molecule has 0 aliphatic heterocycles. The molecule has 0 aromatic heterocycles. The molecule has 0 saturated carbocycles. The Morgan fingerprint density at radius 1 is 1.00 bits per heavy atom. The molecule has 2 aromatic carbocycles. The van der Waals surface area contributed by atoms with Gasteiger partial charge in [-0.1, -0.05) is 62.4 Å². The summed E-state index contributed by atoms with van der Waals surface area (Å²) in [7, 11) is 0. The lowest BCUT2D eigenvalue weighted by atomic mass is 9.78. The van der Waals surface area contributed by atoms with Gasteiger partial charge in [0.05, 0.1) is 0 Å². The SMILES string of the molecule is C=CC(=O)OCCOc1ccc(C(C)(C)c2ccc(C)cc2)cc1. The fourth-order valence-corrected chi connectivity index (χ4v) is 2.47. The highest BCUT2D eigenvalue weighted by molar-refractivity contribution is 5.81. The maximum atomic E-state index is 10.9. The zero-order valence-corrected chi connectivity index (χ0v) is 14.5. The summed E-state index contributed by atoms with van der Waals surface area (Å²) in [5, 5.41) is 0. The van der Waals surface area contributed by atoms with Crippen LogP contribution in [0.25, 0.3) is 0 Å². The first-order valence-electron chi connectivity index (χ1n) is 8.03. The number of aryl methyl sites for hydroxylation is 1. The van der Waals surface area contributed by atoms with Crippen molar-refractivity contribution >= 4 is 5.97 Å². The zero-order valence-electron chi connectivity index (χ0n) is 14.5. The van der Waals surface area contributed by atoms with Gasteiger partial charge in [-0.25, -0.2) is 4.79 Å². The number of ether oxygens (including phenoxy) is 2. The third-order valence-corrected chi connectivity index (χ3v) is 4.11. The molecule has 0 atom stereocenters. The molecule has 0 radical (unpaired) electrons. The van der Waals surface area contributed by atoms with E-state index in [-0.39, 0.29) is 12.0 Å². The van der Waals surface area contributed by atoms with Gasteiger partial charge < -0.3 is 9.47 Å². The Balaban J connectivity index is 1.99. The van der Waals surface area contributed by atoms with E-state index in [9.17, 15) is 4.79 Å². The molecule has 0 fully saturated rings. The van der Waals surface area contributed by atoms with E-state index in [1.165, 1.54) is 16.7 Å². The van der Waals surface area contributed by atoms with E-state index in [1.54, 1.807) is 0 Å². The summed E-state index contributed by atoms with van der Waals surface area (Å²) in [5.74, 6) is 0.321. The van der Waals surface area contributed by atoms with Crippen molar-refractivity contribution in [3.8, 4) is 5.75 Å². The summed E-state index contributed by atoms with van der Waals surface area (Å²) >= 11 is 0. The van der Waals surface area contributed by atoms with Gasteiger partial charge >= 0.3 is 5.97 Å². The average molecular weight is 324 g/mol. The van der Waals surface area contributed by atoms with Crippen molar-refractivity contribution in [1.82, 2.24) is 0 Å². The van der Waals surface area contributed by atoms with Gasteiger partial charge in [-0.05, 0) is 30.2 Å². The third-order valence-electron chi connectivity index (χ3n) is 4.11. The summed E-state index contributed by atoms with van der Waals surface area (Å²) in [4.78, 5) is 10.9. The van der Waals surface area contributed by atoms with E-state index < -0.39 is 5.97 Å². The van der Waals surface area contributed by atoms with Crippen LogP contribution in [-0.4, -0.2) is 19.2 Å². The van der Waals surface area contributed by atoms with Crippen LogP contribution in [0.2, 0.25) is 0 Å². The highest BCUT2D eigenvalue weighted by Crippen LogP contribution is 2.32. The van der Waals surface area contributed by atoms with Crippen molar-refractivity contribution < 1.29 is 14.3 Å². The lowest BCUT2D eigenvalue weighted by Gasteiger charge is -2.26. The standard InChI is InChI=1S/C21H24O3/c1-5-20(22)24-15-14-23-19-12-10-18(11-13-19)21(3,4)17-8-6-16(2)7-9-17/h5-13H,1,14-15H2,2-4H3. The fraction of sp³-hybridized carbons (Fsp3) is 0.286. The van der Waals surface area contributed by atoms with Gasteiger partial charge in [-0.15, -0.1) is 0 Å². The largest absolute Gasteiger partial charge is 0.490 e. The number of benzene rings is 2. The molecule has 126 valence electrons. The minimum absolute atomic E-state index is 0.0777. The van der Waals surface area contributed by atoms with E-state index in [0.717, 1.165) is 11.8 Å². The number of hydrogen-bond acceptors (Lipinski definition) is 3. The second-order valence-corrected chi connectivity index (χ2v) is 6.24. The molecule has 0 N–H and O–H groups in total. The topological polar surface area (TPSA) is 35.5 Å². The van der Waals surface area contributed by atoms with Crippen LogP contribution in [0.5, 0.6) is 5.75 Å². The first kappa shape index (κ1) is 17.8. The van der Waals surface area contributed by atoms with Crippen molar-refractivity contribution in [3.63, 3.8) is 0 Å². The smallest absolute Gasteiger partial charge is 0.330 e. The number of hydrogen-bond donors (Lipinski definition) is 0. The van der Waals surface area contributed by atoms with Gasteiger partial charge in [0.15, 0.2) is 0 Å². The van der Waals surface area contributed by atoms with E-state index in [0.29, 0.717) is 6.61 Å². The van der Waals surface area contributed by atoms with Gasteiger partial charge in [0.1, 0.15) is 19.0 Å². The normalized spacial score (nSPS) is 11.0. The Morgan fingerprint density at radius 3 is 2.08 bits per heavy atom. The molecule has 0 spiro atoms. The first-order chi connectivity index (χ1) is 11.4. The third kappa shape index (κ3) is 4.48. The quantitative estimate of drug-likeness (QED) is 0.429. The Hall–Kier alpha value is -2.55. The van der Waals surface area contributed by atoms with Crippen molar-refractivity contribution in [2.75, 3.05) is 13.2 Å². The monoisotopic (exact) mass is 324 g/mol. The van der Waals surface area contributed by atoms with Gasteiger partial charge in [-0.2, -0.15) is 0 Å². The summed E-state index contributed by atoms with van der Waals surface area (Å²) < 4.78 is 10.5. The number of carbonyl (C=O) groups is 1. The molecule has 0 amide bonds. The van der Waals surface area contributed by atoms with Gasteiger partial charge in [0.25, 0.3) is 0 Å². The Bertz CT molecular complexity index is 682. The minimum Gasteiger partial charge on any atom is -0.490 e. The summed E-state index contributed by atoms with van der Waals surface area (Å²) in [6.45, 7) is 10.4. The number of rotatable bonds is 7. The molecule has 0 unspecified atom stereocenters. The van der Waals surface area contributed by atoms with E-state index in [2.05, 4.69) is 63.7 Å². The summed E-state index contributed by atoms with van der Waals surface area (Å²) in [6, 6.07) is 16.7. The fourth-order valence-electron chi connectivity index (χ4n) is 2.47. The molecule has 2 rings (SSSR count). The molecule has 0 aliphatic carbocycles. The van der Waals surface area contributed by atoms with E-state index in [1.807, 2.05) is 12.1 Å². The van der Waals surface area contributed by atoms with Crippen molar-refractivity contribution in [2.45, 2.75) is 26.2 Å².